The molecule has 1 aromatic carbocycles. The highest BCUT2D eigenvalue weighted by molar-refractivity contribution is 5.66. The molecular formula is C16H25NO2. The number of carbonyl (C=O) groups is 1. The molecule has 0 aromatic heterocycles. The van der Waals surface area contributed by atoms with Gasteiger partial charge in [0.15, 0.2) is 0 Å². The number of benzene rings is 1. The van der Waals surface area contributed by atoms with E-state index in [-0.39, 0.29) is 17.9 Å². The van der Waals surface area contributed by atoms with Gasteiger partial charge in [0.25, 0.3) is 0 Å². The molecule has 1 atom stereocenters. The van der Waals surface area contributed by atoms with Crippen molar-refractivity contribution in [3.63, 3.8) is 0 Å². The summed E-state index contributed by atoms with van der Waals surface area (Å²) < 4.78 is 0. The fourth-order valence-corrected chi connectivity index (χ4v) is 2.03. The summed E-state index contributed by atoms with van der Waals surface area (Å²) in [6.07, 6.45) is 2.62. The van der Waals surface area contributed by atoms with Crippen LogP contribution in [0.25, 0.3) is 0 Å². The Balaban J connectivity index is 2.63. The Labute approximate surface area is 115 Å². The summed E-state index contributed by atoms with van der Waals surface area (Å²) in [5.74, 6) is -0.757. The average Bonchev–Trinajstić information content (AvgIpc) is 2.38. The minimum absolute atomic E-state index is 0.0712. The predicted molar refractivity (Wildman–Crippen MR) is 78.2 cm³/mol. The van der Waals surface area contributed by atoms with Gasteiger partial charge in [0.05, 0.1) is 0 Å². The van der Waals surface area contributed by atoms with Crippen molar-refractivity contribution < 1.29 is 9.90 Å². The Morgan fingerprint density at radius 2 is 1.89 bits per heavy atom. The third-order valence-electron chi connectivity index (χ3n) is 3.91. The monoisotopic (exact) mass is 263 g/mol. The van der Waals surface area contributed by atoms with Crippen LogP contribution in [0.1, 0.15) is 63.6 Å². The molecule has 0 saturated carbocycles. The number of carboxylic acids is 1. The minimum Gasteiger partial charge on any atom is -0.481 e. The third kappa shape index (κ3) is 4.67. The van der Waals surface area contributed by atoms with Gasteiger partial charge in [-0.05, 0) is 35.8 Å². The number of rotatable bonds is 7. The summed E-state index contributed by atoms with van der Waals surface area (Å²) in [5, 5.41) is 8.61. The number of hydrogen-bond donors (Lipinski definition) is 2. The van der Waals surface area contributed by atoms with Crippen molar-refractivity contribution >= 4 is 5.97 Å². The van der Waals surface area contributed by atoms with Crippen LogP contribution in [0.15, 0.2) is 24.3 Å². The lowest BCUT2D eigenvalue weighted by molar-refractivity contribution is -0.137. The zero-order valence-electron chi connectivity index (χ0n) is 12.1. The maximum Gasteiger partial charge on any atom is 0.303 e. The molecule has 0 amide bonds. The van der Waals surface area contributed by atoms with E-state index in [1.165, 1.54) is 5.56 Å². The second-order valence-corrected chi connectivity index (χ2v) is 5.75. The second-order valence-electron chi connectivity index (χ2n) is 5.75. The van der Waals surface area contributed by atoms with E-state index in [1.54, 1.807) is 0 Å². The van der Waals surface area contributed by atoms with Gasteiger partial charge in [-0.15, -0.1) is 0 Å². The van der Waals surface area contributed by atoms with Crippen molar-refractivity contribution in [1.29, 1.82) is 0 Å². The summed E-state index contributed by atoms with van der Waals surface area (Å²) in [4.78, 5) is 10.5. The summed E-state index contributed by atoms with van der Waals surface area (Å²) >= 11 is 0. The van der Waals surface area contributed by atoms with Gasteiger partial charge in [0.1, 0.15) is 0 Å². The first-order valence-corrected chi connectivity index (χ1v) is 6.94. The number of hydrogen-bond acceptors (Lipinski definition) is 2. The Morgan fingerprint density at radius 3 is 2.37 bits per heavy atom. The van der Waals surface area contributed by atoms with Crippen LogP contribution in [0.2, 0.25) is 0 Å². The van der Waals surface area contributed by atoms with E-state index in [9.17, 15) is 4.79 Å². The molecule has 0 radical (unpaired) electrons. The van der Waals surface area contributed by atoms with Crippen LogP contribution in [-0.4, -0.2) is 11.1 Å². The summed E-state index contributed by atoms with van der Waals surface area (Å²) in [7, 11) is 0. The minimum atomic E-state index is -0.757. The van der Waals surface area contributed by atoms with Crippen molar-refractivity contribution in [2.75, 3.05) is 0 Å². The largest absolute Gasteiger partial charge is 0.481 e. The van der Waals surface area contributed by atoms with E-state index < -0.39 is 5.97 Å². The SMILES string of the molecule is CCC(C)(C)c1ccc(C(N)CCCC(=O)O)cc1. The second kappa shape index (κ2) is 6.71. The average molecular weight is 263 g/mol. The maximum absolute atomic E-state index is 10.5. The Morgan fingerprint density at radius 1 is 1.32 bits per heavy atom. The maximum atomic E-state index is 10.5. The smallest absolute Gasteiger partial charge is 0.303 e. The normalized spacial score (nSPS) is 13.3. The Bertz CT molecular complexity index is 409. The van der Waals surface area contributed by atoms with E-state index in [0.717, 1.165) is 12.0 Å². The zero-order chi connectivity index (χ0) is 14.5. The fourth-order valence-electron chi connectivity index (χ4n) is 2.03. The van der Waals surface area contributed by atoms with Gasteiger partial charge in [0, 0.05) is 12.5 Å². The standard InChI is InChI=1S/C16H25NO2/c1-4-16(2,3)13-10-8-12(9-11-13)14(17)6-5-7-15(18)19/h8-11,14H,4-7,17H2,1-3H3,(H,18,19). The molecule has 1 aromatic rings. The van der Waals surface area contributed by atoms with E-state index >= 15 is 0 Å². The van der Waals surface area contributed by atoms with Crippen molar-refractivity contribution in [1.82, 2.24) is 0 Å². The first-order valence-electron chi connectivity index (χ1n) is 6.94. The molecule has 3 heteroatoms. The first kappa shape index (κ1) is 15.7. The van der Waals surface area contributed by atoms with Crippen LogP contribution < -0.4 is 5.73 Å². The molecular weight excluding hydrogens is 238 g/mol. The molecule has 0 spiro atoms. The van der Waals surface area contributed by atoms with Crippen LogP contribution in [0, 0.1) is 0 Å². The van der Waals surface area contributed by atoms with E-state index in [2.05, 4.69) is 45.0 Å². The van der Waals surface area contributed by atoms with Crippen molar-refractivity contribution in [2.45, 2.75) is 57.9 Å². The molecule has 3 nitrogen and oxygen atoms in total. The summed E-state index contributed by atoms with van der Waals surface area (Å²) in [5.41, 5.74) is 8.67. The molecule has 106 valence electrons. The molecule has 0 aliphatic rings. The lowest BCUT2D eigenvalue weighted by Gasteiger charge is -2.24. The van der Waals surface area contributed by atoms with Crippen LogP contribution in [0.3, 0.4) is 0 Å². The van der Waals surface area contributed by atoms with E-state index in [4.69, 9.17) is 10.8 Å². The van der Waals surface area contributed by atoms with Crippen molar-refractivity contribution in [3.05, 3.63) is 35.4 Å². The van der Waals surface area contributed by atoms with Crippen LogP contribution >= 0.6 is 0 Å². The molecule has 1 unspecified atom stereocenters. The van der Waals surface area contributed by atoms with Gasteiger partial charge < -0.3 is 10.8 Å². The van der Waals surface area contributed by atoms with Crippen LogP contribution in [0.5, 0.6) is 0 Å². The van der Waals surface area contributed by atoms with Gasteiger partial charge in [-0.2, -0.15) is 0 Å². The highest BCUT2D eigenvalue weighted by Crippen LogP contribution is 2.28. The van der Waals surface area contributed by atoms with Gasteiger partial charge in [-0.1, -0.05) is 45.0 Å². The third-order valence-corrected chi connectivity index (χ3v) is 3.91. The predicted octanol–water partition coefficient (Wildman–Crippen LogP) is 3.63. The number of carboxylic acid groups (broad SMARTS) is 1. The number of aliphatic carboxylic acids is 1. The molecule has 1 rings (SSSR count). The molecule has 0 bridgehead atoms. The fraction of sp³-hybridized carbons (Fsp3) is 0.562. The Kier molecular flexibility index (Phi) is 5.55. The zero-order valence-corrected chi connectivity index (χ0v) is 12.1. The molecule has 0 heterocycles. The van der Waals surface area contributed by atoms with Gasteiger partial charge >= 0.3 is 5.97 Å². The highest BCUT2D eigenvalue weighted by atomic mass is 16.4. The van der Waals surface area contributed by atoms with Crippen LogP contribution in [-0.2, 0) is 10.2 Å². The Hall–Kier alpha value is -1.35. The molecule has 0 aliphatic heterocycles. The quantitative estimate of drug-likeness (QED) is 0.789. The van der Waals surface area contributed by atoms with E-state index in [1.807, 2.05) is 0 Å². The lowest BCUT2D eigenvalue weighted by atomic mass is 9.81. The van der Waals surface area contributed by atoms with Gasteiger partial charge in [0.2, 0.25) is 0 Å². The van der Waals surface area contributed by atoms with Crippen LogP contribution in [0.4, 0.5) is 0 Å². The molecule has 0 fully saturated rings. The summed E-state index contributed by atoms with van der Waals surface area (Å²) in [6, 6.07) is 8.33. The molecule has 0 saturated heterocycles. The van der Waals surface area contributed by atoms with Crippen molar-refractivity contribution in [2.24, 2.45) is 5.73 Å². The van der Waals surface area contributed by atoms with Gasteiger partial charge in [-0.25, -0.2) is 0 Å². The van der Waals surface area contributed by atoms with Gasteiger partial charge in [-0.3, -0.25) is 4.79 Å². The summed E-state index contributed by atoms with van der Waals surface area (Å²) in [6.45, 7) is 6.65. The molecule has 3 N–H and O–H groups in total. The topological polar surface area (TPSA) is 63.3 Å². The first-order chi connectivity index (χ1) is 8.86. The van der Waals surface area contributed by atoms with Crippen molar-refractivity contribution in [3.8, 4) is 0 Å². The highest BCUT2D eigenvalue weighted by Gasteiger charge is 2.18. The number of nitrogens with two attached hydrogens (primary N) is 1. The molecule has 19 heavy (non-hydrogen) atoms. The van der Waals surface area contributed by atoms with E-state index in [0.29, 0.717) is 12.8 Å². The molecule has 0 aliphatic carbocycles. The lowest BCUT2D eigenvalue weighted by Crippen LogP contribution is -2.16.